The Labute approximate surface area is 139 Å². The van der Waals surface area contributed by atoms with Gasteiger partial charge in [0.25, 0.3) is 5.89 Å². The first-order valence-corrected chi connectivity index (χ1v) is 9.14. The highest BCUT2D eigenvalue weighted by molar-refractivity contribution is 7.99. The van der Waals surface area contributed by atoms with Crippen molar-refractivity contribution in [2.24, 2.45) is 0 Å². The maximum absolute atomic E-state index is 6.09. The van der Waals surface area contributed by atoms with Crippen LogP contribution in [-0.2, 0) is 4.74 Å². The third-order valence-corrected chi connectivity index (χ3v) is 5.69. The van der Waals surface area contributed by atoms with Crippen LogP contribution in [0.25, 0.3) is 11.5 Å². The van der Waals surface area contributed by atoms with Crippen molar-refractivity contribution in [3.63, 3.8) is 0 Å². The topological polar surface area (TPSA) is 73.1 Å². The Bertz CT molecular complexity index is 684. The van der Waals surface area contributed by atoms with Crippen LogP contribution in [-0.4, -0.2) is 44.9 Å². The monoisotopic (exact) mass is 332 g/mol. The number of hydrogen-bond donors (Lipinski definition) is 1. The van der Waals surface area contributed by atoms with Gasteiger partial charge in [-0.2, -0.15) is 16.7 Å². The first kappa shape index (κ1) is 15.0. The fraction of sp³-hybridized carbons (Fsp3) is 0.562. The van der Waals surface area contributed by atoms with Crippen LogP contribution in [0.15, 0.2) is 22.9 Å². The van der Waals surface area contributed by atoms with Crippen molar-refractivity contribution in [1.82, 2.24) is 15.1 Å². The van der Waals surface area contributed by atoms with Gasteiger partial charge in [0.2, 0.25) is 0 Å². The standard InChI is InChI=1S/C16H20N4O2S/c1-11-18-15(22-20-11)13-3-2-6-17-14(13)19-12-4-7-21-16(9-12)5-8-23-10-16/h2-3,6,12H,4-5,7-10H2,1H3,(H,17,19)/t12-,16+/m0/s1. The Morgan fingerprint density at radius 1 is 1.43 bits per heavy atom. The predicted molar refractivity (Wildman–Crippen MR) is 89.5 cm³/mol. The number of aromatic nitrogens is 3. The molecule has 0 radical (unpaired) electrons. The zero-order valence-corrected chi connectivity index (χ0v) is 13.9. The van der Waals surface area contributed by atoms with E-state index in [0.29, 0.717) is 17.8 Å². The van der Waals surface area contributed by atoms with Crippen LogP contribution in [0, 0.1) is 6.92 Å². The molecule has 0 saturated carbocycles. The molecule has 2 saturated heterocycles. The smallest absolute Gasteiger partial charge is 0.261 e. The summed E-state index contributed by atoms with van der Waals surface area (Å²) in [7, 11) is 0. The molecule has 2 aliphatic heterocycles. The number of nitrogens with one attached hydrogen (secondary N) is 1. The van der Waals surface area contributed by atoms with E-state index in [-0.39, 0.29) is 5.60 Å². The molecule has 6 nitrogen and oxygen atoms in total. The van der Waals surface area contributed by atoms with Gasteiger partial charge in [-0.25, -0.2) is 4.98 Å². The van der Waals surface area contributed by atoms with E-state index in [4.69, 9.17) is 9.26 Å². The number of rotatable bonds is 3. The van der Waals surface area contributed by atoms with Crippen molar-refractivity contribution < 1.29 is 9.26 Å². The highest BCUT2D eigenvalue weighted by atomic mass is 32.2. The van der Waals surface area contributed by atoms with Crippen LogP contribution >= 0.6 is 11.8 Å². The number of hydrogen-bond acceptors (Lipinski definition) is 7. The summed E-state index contributed by atoms with van der Waals surface area (Å²) >= 11 is 1.99. The van der Waals surface area contributed by atoms with Crippen molar-refractivity contribution >= 4 is 17.6 Å². The van der Waals surface area contributed by atoms with Gasteiger partial charge in [0.15, 0.2) is 5.82 Å². The highest BCUT2D eigenvalue weighted by Crippen LogP contribution is 2.39. The zero-order valence-electron chi connectivity index (χ0n) is 13.1. The Morgan fingerprint density at radius 3 is 3.17 bits per heavy atom. The maximum atomic E-state index is 6.09. The van der Waals surface area contributed by atoms with Crippen LogP contribution in [0.2, 0.25) is 0 Å². The number of thioether (sulfide) groups is 1. The lowest BCUT2D eigenvalue weighted by Crippen LogP contribution is -2.44. The molecule has 2 fully saturated rings. The third-order valence-electron chi connectivity index (χ3n) is 4.47. The van der Waals surface area contributed by atoms with E-state index < -0.39 is 0 Å². The summed E-state index contributed by atoms with van der Waals surface area (Å²) in [6.07, 6.45) is 4.95. The molecule has 0 aliphatic carbocycles. The van der Waals surface area contributed by atoms with Crippen LogP contribution in [0.3, 0.4) is 0 Å². The summed E-state index contributed by atoms with van der Waals surface area (Å²) in [5.41, 5.74) is 0.908. The Kier molecular flexibility index (Phi) is 3.98. The Hall–Kier alpha value is -1.60. The van der Waals surface area contributed by atoms with Crippen molar-refractivity contribution in [2.45, 2.75) is 37.8 Å². The summed E-state index contributed by atoms with van der Waals surface area (Å²) in [6.45, 7) is 2.62. The number of pyridine rings is 1. The molecule has 0 amide bonds. The van der Waals surface area contributed by atoms with Gasteiger partial charge in [0.1, 0.15) is 5.82 Å². The van der Waals surface area contributed by atoms with Gasteiger partial charge in [-0.1, -0.05) is 5.16 Å². The molecule has 1 N–H and O–H groups in total. The Morgan fingerprint density at radius 2 is 2.39 bits per heavy atom. The average molecular weight is 332 g/mol. The fourth-order valence-corrected chi connectivity index (χ4v) is 4.69. The van der Waals surface area contributed by atoms with Gasteiger partial charge in [0, 0.05) is 24.6 Å². The lowest BCUT2D eigenvalue weighted by Gasteiger charge is -2.38. The van der Waals surface area contributed by atoms with E-state index >= 15 is 0 Å². The van der Waals surface area contributed by atoms with E-state index in [1.807, 2.05) is 30.8 Å². The normalized spacial score (nSPS) is 27.4. The molecule has 122 valence electrons. The van der Waals surface area contributed by atoms with Crippen molar-refractivity contribution in [2.75, 3.05) is 23.4 Å². The largest absolute Gasteiger partial charge is 0.374 e. The maximum Gasteiger partial charge on any atom is 0.261 e. The van der Waals surface area contributed by atoms with E-state index in [1.54, 1.807) is 6.20 Å². The number of nitrogens with zero attached hydrogens (tertiary/aromatic N) is 3. The van der Waals surface area contributed by atoms with E-state index in [0.717, 1.165) is 43.0 Å². The lowest BCUT2D eigenvalue weighted by molar-refractivity contribution is -0.0628. The van der Waals surface area contributed by atoms with Gasteiger partial charge in [-0.05, 0) is 44.1 Å². The first-order chi connectivity index (χ1) is 11.2. The quantitative estimate of drug-likeness (QED) is 0.926. The summed E-state index contributed by atoms with van der Waals surface area (Å²) < 4.78 is 11.4. The van der Waals surface area contributed by atoms with Gasteiger partial charge in [0.05, 0.1) is 11.2 Å². The molecule has 1 spiro atoms. The molecule has 2 atom stereocenters. The van der Waals surface area contributed by atoms with Crippen molar-refractivity contribution in [1.29, 1.82) is 0 Å². The fourth-order valence-electron chi connectivity index (χ4n) is 3.31. The summed E-state index contributed by atoms with van der Waals surface area (Å²) in [4.78, 5) is 8.81. The van der Waals surface area contributed by atoms with Crippen LogP contribution in [0.5, 0.6) is 0 Å². The molecule has 2 aliphatic rings. The first-order valence-electron chi connectivity index (χ1n) is 7.98. The molecular weight excluding hydrogens is 312 g/mol. The minimum atomic E-state index is 0.0522. The number of anilines is 1. The molecule has 0 unspecified atom stereocenters. The molecule has 2 aromatic heterocycles. The summed E-state index contributed by atoms with van der Waals surface area (Å²) in [5, 5.41) is 7.45. The van der Waals surface area contributed by atoms with Crippen LogP contribution in [0.1, 0.15) is 25.1 Å². The molecular formula is C16H20N4O2S. The third kappa shape index (κ3) is 3.07. The van der Waals surface area contributed by atoms with E-state index in [9.17, 15) is 0 Å². The van der Waals surface area contributed by atoms with Crippen LogP contribution < -0.4 is 5.32 Å². The minimum Gasteiger partial charge on any atom is -0.374 e. The van der Waals surface area contributed by atoms with Gasteiger partial charge in [-0.3, -0.25) is 0 Å². The molecule has 0 bridgehead atoms. The van der Waals surface area contributed by atoms with Crippen molar-refractivity contribution in [3.8, 4) is 11.5 Å². The molecule has 0 aromatic carbocycles. The lowest BCUT2D eigenvalue weighted by atomic mass is 9.90. The van der Waals surface area contributed by atoms with E-state index in [1.165, 1.54) is 5.75 Å². The predicted octanol–water partition coefficient (Wildman–Crippen LogP) is 2.91. The minimum absolute atomic E-state index is 0.0522. The summed E-state index contributed by atoms with van der Waals surface area (Å²) in [6, 6.07) is 4.21. The van der Waals surface area contributed by atoms with Gasteiger partial charge >= 0.3 is 0 Å². The zero-order chi connectivity index (χ0) is 15.7. The Balaban J connectivity index is 1.55. The van der Waals surface area contributed by atoms with Gasteiger partial charge in [-0.15, -0.1) is 0 Å². The molecule has 4 heterocycles. The second-order valence-electron chi connectivity index (χ2n) is 6.21. The second-order valence-corrected chi connectivity index (χ2v) is 7.32. The highest BCUT2D eigenvalue weighted by Gasteiger charge is 2.40. The van der Waals surface area contributed by atoms with Crippen molar-refractivity contribution in [3.05, 3.63) is 24.2 Å². The average Bonchev–Trinajstić information content (AvgIpc) is 3.18. The second kappa shape index (κ2) is 6.13. The van der Waals surface area contributed by atoms with Crippen LogP contribution in [0.4, 0.5) is 5.82 Å². The van der Waals surface area contributed by atoms with Gasteiger partial charge < -0.3 is 14.6 Å². The molecule has 7 heteroatoms. The number of ether oxygens (including phenoxy) is 1. The summed E-state index contributed by atoms with van der Waals surface area (Å²) in [5.74, 6) is 4.24. The molecule has 23 heavy (non-hydrogen) atoms. The number of aryl methyl sites for hydroxylation is 1. The SMILES string of the molecule is Cc1noc(-c2cccnc2N[C@H]2CCO[C@]3(CCSC3)C2)n1. The van der Waals surface area contributed by atoms with E-state index in [2.05, 4.69) is 20.4 Å². The molecule has 4 rings (SSSR count). The molecule has 2 aromatic rings.